The number of nitrogens with two attached hydrogens (primary N) is 2. The third-order valence-electron chi connectivity index (χ3n) is 3.07. The van der Waals surface area contributed by atoms with Gasteiger partial charge in [-0.2, -0.15) is 0 Å². The highest BCUT2D eigenvalue weighted by Gasteiger charge is 1.93. The molecule has 0 aliphatic rings. The van der Waals surface area contributed by atoms with Crippen LogP contribution in [0.2, 0.25) is 0 Å². The van der Waals surface area contributed by atoms with Crippen molar-refractivity contribution in [2.24, 2.45) is 11.5 Å². The van der Waals surface area contributed by atoms with E-state index in [2.05, 4.69) is 54.1 Å². The molecule has 0 heterocycles. The van der Waals surface area contributed by atoms with Crippen molar-refractivity contribution >= 4 is 0 Å². The van der Waals surface area contributed by atoms with E-state index >= 15 is 0 Å². The van der Waals surface area contributed by atoms with Crippen LogP contribution in [0.25, 0.3) is 0 Å². The molecule has 0 aliphatic heterocycles. The van der Waals surface area contributed by atoms with Gasteiger partial charge in [0.1, 0.15) is 0 Å². The Morgan fingerprint density at radius 2 is 1.12 bits per heavy atom. The molecule has 0 fully saturated rings. The Bertz CT molecular complexity index is 316. The Labute approximate surface area is 146 Å². The molecular weight excluding hydrogens is 306 g/mol. The minimum Gasteiger partial charge on any atom is -0.329 e. The molecule has 142 valence electrons. The molecule has 0 spiro atoms. The van der Waals surface area contributed by atoms with Gasteiger partial charge in [-0.1, -0.05) is 44.2 Å². The quantitative estimate of drug-likeness (QED) is 0.177. The maximum absolute atomic E-state index is 6.00. The van der Waals surface area contributed by atoms with E-state index < -0.39 is 0 Å². The normalized spacial score (nSPS) is 9.79. The molecule has 0 bridgehead atoms. The smallest absolute Gasteiger partial charge is 0.00772 e. The van der Waals surface area contributed by atoms with E-state index in [4.69, 9.17) is 22.0 Å². The molecule has 0 unspecified atom stereocenters. The van der Waals surface area contributed by atoms with E-state index in [1.807, 2.05) is 6.07 Å². The first-order valence-electron chi connectivity index (χ1n) is 8.49. The van der Waals surface area contributed by atoms with Crippen LogP contribution in [0.3, 0.4) is 0 Å². The van der Waals surface area contributed by atoms with Crippen LogP contribution in [0.1, 0.15) is 25.3 Å². The van der Waals surface area contributed by atoms with Gasteiger partial charge in [0, 0.05) is 52.4 Å². The summed E-state index contributed by atoms with van der Waals surface area (Å²) >= 11 is 0. The molecule has 0 radical (unpaired) electrons. The summed E-state index contributed by atoms with van der Waals surface area (Å²) in [7, 11) is 0. The van der Waals surface area contributed by atoms with Crippen molar-refractivity contribution in [1.82, 2.24) is 16.0 Å². The van der Waals surface area contributed by atoms with E-state index in [1.54, 1.807) is 0 Å². The molecule has 0 aliphatic carbocycles. The zero-order valence-corrected chi connectivity index (χ0v) is 15.2. The Kier molecular flexibility index (Phi) is 23.0. The van der Waals surface area contributed by atoms with Gasteiger partial charge >= 0.3 is 0 Å². The first-order valence-corrected chi connectivity index (χ1v) is 8.49. The fourth-order valence-electron chi connectivity index (χ4n) is 1.77. The molecule has 0 atom stereocenters. The van der Waals surface area contributed by atoms with E-state index in [1.165, 1.54) is 5.56 Å². The highest BCUT2D eigenvalue weighted by molar-refractivity contribution is 5.17. The van der Waals surface area contributed by atoms with Gasteiger partial charge in [-0.05, 0) is 11.5 Å². The van der Waals surface area contributed by atoms with Gasteiger partial charge in [-0.25, -0.2) is 0 Å². The van der Waals surface area contributed by atoms with E-state index in [0.29, 0.717) is 19.0 Å². The van der Waals surface area contributed by atoms with Gasteiger partial charge in [0.15, 0.2) is 0 Å². The zero-order chi connectivity index (χ0) is 18.5. The van der Waals surface area contributed by atoms with Crippen LogP contribution in [-0.2, 0) is 0 Å². The van der Waals surface area contributed by atoms with E-state index in [0.717, 1.165) is 39.3 Å². The molecule has 7 nitrogen and oxygen atoms in total. The summed E-state index contributed by atoms with van der Waals surface area (Å²) in [5, 5.41) is 21.7. The minimum absolute atomic E-state index is 0.659. The van der Waals surface area contributed by atoms with Crippen molar-refractivity contribution in [3.63, 3.8) is 0 Å². The summed E-state index contributed by atoms with van der Waals surface area (Å²) in [5.74, 6) is 0.659. The number of benzene rings is 1. The van der Waals surface area contributed by atoms with Crippen LogP contribution >= 0.6 is 0 Å². The second kappa shape index (κ2) is 21.9. The molecule has 1 aromatic carbocycles. The summed E-state index contributed by atoms with van der Waals surface area (Å²) in [4.78, 5) is 0. The molecular formula is C17H37N5O2. The molecule has 24 heavy (non-hydrogen) atoms. The number of hydrogen-bond donors (Lipinski definition) is 7. The summed E-state index contributed by atoms with van der Waals surface area (Å²) in [5.41, 5.74) is 12.1. The Morgan fingerprint density at radius 1 is 0.750 bits per heavy atom. The lowest BCUT2D eigenvalue weighted by Crippen LogP contribution is -2.35. The van der Waals surface area contributed by atoms with Gasteiger partial charge in [0.2, 0.25) is 0 Å². The first kappa shape index (κ1) is 25.2. The Balaban J connectivity index is 0. The lowest BCUT2D eigenvalue weighted by molar-refractivity contribution is -0.176. The van der Waals surface area contributed by atoms with Crippen LogP contribution in [0.15, 0.2) is 30.3 Å². The zero-order valence-electron chi connectivity index (χ0n) is 15.2. The lowest BCUT2D eigenvalue weighted by Gasteiger charge is -2.06. The monoisotopic (exact) mass is 343 g/mol. The van der Waals surface area contributed by atoms with Crippen molar-refractivity contribution in [3.8, 4) is 0 Å². The van der Waals surface area contributed by atoms with Crippen LogP contribution in [-0.4, -0.2) is 62.9 Å². The second-order valence-electron chi connectivity index (χ2n) is 5.39. The molecule has 1 aromatic rings. The summed E-state index contributed by atoms with van der Waals surface area (Å²) < 4.78 is 0. The largest absolute Gasteiger partial charge is 0.329 e. The maximum Gasteiger partial charge on any atom is 0.00772 e. The molecule has 0 saturated carbocycles. The van der Waals surface area contributed by atoms with Gasteiger partial charge in [0.25, 0.3) is 0 Å². The molecule has 9 N–H and O–H groups in total. The SMILES string of the molecule is CC(C)c1ccccc1.NCCNCCNCCNCCN.OO. The summed E-state index contributed by atoms with van der Waals surface area (Å²) in [6, 6.07) is 10.5. The Morgan fingerprint density at radius 3 is 1.42 bits per heavy atom. The van der Waals surface area contributed by atoms with Crippen LogP contribution in [0.4, 0.5) is 0 Å². The predicted octanol–water partition coefficient (Wildman–Crippen LogP) is 0.500. The van der Waals surface area contributed by atoms with Crippen molar-refractivity contribution in [2.75, 3.05) is 52.4 Å². The van der Waals surface area contributed by atoms with E-state index in [9.17, 15) is 0 Å². The average Bonchev–Trinajstić information content (AvgIpc) is 2.63. The van der Waals surface area contributed by atoms with Gasteiger partial charge < -0.3 is 27.4 Å². The summed E-state index contributed by atoms with van der Waals surface area (Å²) in [6.07, 6.45) is 0. The average molecular weight is 344 g/mol. The fraction of sp³-hybridized carbons (Fsp3) is 0.647. The van der Waals surface area contributed by atoms with E-state index in [-0.39, 0.29) is 0 Å². The van der Waals surface area contributed by atoms with Gasteiger partial charge in [-0.3, -0.25) is 10.5 Å². The predicted molar refractivity (Wildman–Crippen MR) is 103 cm³/mol. The standard InChI is InChI=1S/C9H12.C8H23N5.H2O2/c1-8(2)9-6-4-3-5-7-9;9-1-3-11-5-7-13-8-6-12-4-2-10;1-2/h3-8H,1-2H3;11-13H,1-10H2;1-2H. The number of hydrogen-bond acceptors (Lipinski definition) is 7. The topological polar surface area (TPSA) is 129 Å². The molecule has 0 aromatic heterocycles. The van der Waals surface area contributed by atoms with Crippen molar-refractivity contribution < 1.29 is 10.5 Å². The molecule has 7 heteroatoms. The van der Waals surface area contributed by atoms with Gasteiger partial charge in [-0.15, -0.1) is 0 Å². The number of nitrogens with one attached hydrogen (secondary N) is 3. The highest BCUT2D eigenvalue weighted by atomic mass is 17.0. The van der Waals surface area contributed by atoms with Crippen LogP contribution in [0.5, 0.6) is 0 Å². The number of rotatable bonds is 11. The highest BCUT2D eigenvalue weighted by Crippen LogP contribution is 2.11. The third-order valence-corrected chi connectivity index (χ3v) is 3.07. The Hall–Kier alpha value is -1.06. The van der Waals surface area contributed by atoms with Crippen molar-refractivity contribution in [1.29, 1.82) is 0 Å². The molecule has 0 amide bonds. The summed E-state index contributed by atoms with van der Waals surface area (Å²) in [6.45, 7) is 11.6. The maximum atomic E-state index is 6.00. The van der Waals surface area contributed by atoms with Crippen molar-refractivity contribution in [2.45, 2.75) is 19.8 Å². The van der Waals surface area contributed by atoms with Gasteiger partial charge in [0.05, 0.1) is 0 Å². The molecule has 0 saturated heterocycles. The lowest BCUT2D eigenvalue weighted by atomic mass is 10.0. The minimum atomic E-state index is 0.659. The molecule has 1 rings (SSSR count). The van der Waals surface area contributed by atoms with Crippen LogP contribution < -0.4 is 27.4 Å². The third kappa shape index (κ3) is 19.0. The van der Waals surface area contributed by atoms with Crippen LogP contribution in [0, 0.1) is 0 Å². The van der Waals surface area contributed by atoms with Crippen molar-refractivity contribution in [3.05, 3.63) is 35.9 Å². The fourth-order valence-corrected chi connectivity index (χ4v) is 1.77. The second-order valence-corrected chi connectivity index (χ2v) is 5.39. The first-order chi connectivity index (χ1) is 11.7.